The van der Waals surface area contributed by atoms with Gasteiger partial charge in [-0.05, 0) is 61.2 Å². The van der Waals surface area contributed by atoms with Crippen molar-refractivity contribution in [3.8, 4) is 0 Å². The van der Waals surface area contributed by atoms with Crippen molar-refractivity contribution in [2.24, 2.45) is 0 Å². The van der Waals surface area contributed by atoms with Crippen molar-refractivity contribution in [3.05, 3.63) is 94.0 Å². The van der Waals surface area contributed by atoms with Gasteiger partial charge in [0, 0.05) is 18.1 Å². The van der Waals surface area contributed by atoms with Crippen molar-refractivity contribution in [1.29, 1.82) is 0 Å². The lowest BCUT2D eigenvalue weighted by Gasteiger charge is -2.33. The van der Waals surface area contributed by atoms with Gasteiger partial charge in [0.25, 0.3) is 10.0 Å². The first-order valence-corrected chi connectivity index (χ1v) is 14.9. The van der Waals surface area contributed by atoms with E-state index in [1.54, 1.807) is 18.2 Å². The van der Waals surface area contributed by atoms with Crippen LogP contribution in [0.3, 0.4) is 0 Å². The minimum atomic E-state index is -4.23. The lowest BCUT2D eigenvalue weighted by molar-refractivity contribution is -0.140. The number of carbonyl (C=O) groups excluding carboxylic acids is 2. The van der Waals surface area contributed by atoms with E-state index in [9.17, 15) is 18.0 Å². The highest BCUT2D eigenvalue weighted by Gasteiger charge is 2.34. The zero-order valence-corrected chi connectivity index (χ0v) is 24.6. The molecular weight excluding hydrogens is 557 g/mol. The summed E-state index contributed by atoms with van der Waals surface area (Å²) in [5.74, 6) is -0.841. The lowest BCUT2D eigenvalue weighted by atomic mass is 10.1. The van der Waals surface area contributed by atoms with Gasteiger partial charge in [0.2, 0.25) is 11.8 Å². The van der Waals surface area contributed by atoms with Crippen LogP contribution in [0.2, 0.25) is 10.0 Å². The Morgan fingerprint density at radius 2 is 1.62 bits per heavy atom. The summed E-state index contributed by atoms with van der Waals surface area (Å²) in [5.41, 5.74) is 1.87. The zero-order chi connectivity index (χ0) is 28.6. The number of sulfonamides is 1. The summed E-state index contributed by atoms with van der Waals surface area (Å²) in [6.07, 6.45) is 1.08. The predicted molar refractivity (Wildman–Crippen MR) is 157 cm³/mol. The van der Waals surface area contributed by atoms with Gasteiger partial charge in [0.05, 0.1) is 15.6 Å². The number of hydrogen-bond donors (Lipinski definition) is 1. The maximum atomic E-state index is 14.1. The third-order valence-corrected chi connectivity index (χ3v) is 8.65. The standard InChI is InChI=1S/C29H33Cl2N3O4S/c1-4-17-32-29(36)26(5-2)33(19-22-12-10-9-11-21(22)3)28(35)20-34(27-18-23(30)15-16-25(27)31)39(37,38)24-13-7-6-8-14-24/h6-16,18,26H,4-5,17,19-20H2,1-3H3,(H,32,36)/t26-/m1/s1. The SMILES string of the molecule is CCCNC(=O)[C@@H](CC)N(Cc1ccccc1C)C(=O)CN(c1cc(Cl)ccc1Cl)S(=O)(=O)c1ccccc1. The molecule has 0 bridgehead atoms. The summed E-state index contributed by atoms with van der Waals surface area (Å²) < 4.78 is 28.7. The van der Waals surface area contributed by atoms with E-state index in [4.69, 9.17) is 23.2 Å². The van der Waals surface area contributed by atoms with Gasteiger partial charge in [-0.2, -0.15) is 0 Å². The number of rotatable bonds is 12. The Morgan fingerprint density at radius 3 is 2.26 bits per heavy atom. The average Bonchev–Trinajstić information content (AvgIpc) is 2.93. The molecule has 0 aliphatic heterocycles. The van der Waals surface area contributed by atoms with Gasteiger partial charge in [-0.15, -0.1) is 0 Å². The topological polar surface area (TPSA) is 86.8 Å². The molecule has 0 aliphatic rings. The zero-order valence-electron chi connectivity index (χ0n) is 22.2. The smallest absolute Gasteiger partial charge is 0.264 e. The van der Waals surface area contributed by atoms with Crippen molar-refractivity contribution in [2.75, 3.05) is 17.4 Å². The van der Waals surface area contributed by atoms with Crippen molar-refractivity contribution < 1.29 is 18.0 Å². The number of benzene rings is 3. The molecule has 3 aromatic rings. The van der Waals surface area contributed by atoms with E-state index in [0.29, 0.717) is 13.0 Å². The summed E-state index contributed by atoms with van der Waals surface area (Å²) in [4.78, 5) is 28.6. The van der Waals surface area contributed by atoms with E-state index < -0.39 is 28.5 Å². The van der Waals surface area contributed by atoms with Crippen LogP contribution in [0.25, 0.3) is 0 Å². The van der Waals surface area contributed by atoms with Crippen LogP contribution in [-0.4, -0.2) is 44.3 Å². The van der Waals surface area contributed by atoms with Crippen molar-refractivity contribution >= 4 is 50.7 Å². The normalized spacial score (nSPS) is 12.0. The highest BCUT2D eigenvalue weighted by molar-refractivity contribution is 7.92. The summed E-state index contributed by atoms with van der Waals surface area (Å²) >= 11 is 12.7. The van der Waals surface area contributed by atoms with E-state index in [2.05, 4.69) is 5.32 Å². The molecule has 208 valence electrons. The molecule has 0 heterocycles. The van der Waals surface area contributed by atoms with Gasteiger partial charge in [-0.1, -0.05) is 79.5 Å². The quantitative estimate of drug-likeness (QED) is 0.288. The maximum Gasteiger partial charge on any atom is 0.264 e. The Morgan fingerprint density at radius 1 is 0.949 bits per heavy atom. The third-order valence-electron chi connectivity index (χ3n) is 6.32. The number of nitrogens with one attached hydrogen (secondary N) is 1. The molecular formula is C29H33Cl2N3O4S. The first-order chi connectivity index (χ1) is 18.6. The molecule has 0 aliphatic carbocycles. The predicted octanol–water partition coefficient (Wildman–Crippen LogP) is 5.83. The second-order valence-electron chi connectivity index (χ2n) is 9.08. The van der Waals surface area contributed by atoms with E-state index in [0.717, 1.165) is 21.9 Å². The molecule has 10 heteroatoms. The number of anilines is 1. The van der Waals surface area contributed by atoms with Crippen LogP contribution >= 0.6 is 23.2 Å². The molecule has 0 radical (unpaired) electrons. The van der Waals surface area contributed by atoms with E-state index in [1.165, 1.54) is 35.2 Å². The largest absolute Gasteiger partial charge is 0.354 e. The van der Waals surface area contributed by atoms with Crippen LogP contribution in [0, 0.1) is 6.92 Å². The fourth-order valence-electron chi connectivity index (χ4n) is 4.17. The fourth-order valence-corrected chi connectivity index (χ4v) is 6.05. The molecule has 1 atom stereocenters. The molecule has 1 N–H and O–H groups in total. The molecule has 0 aromatic heterocycles. The van der Waals surface area contributed by atoms with Crippen molar-refractivity contribution in [1.82, 2.24) is 10.2 Å². The monoisotopic (exact) mass is 589 g/mol. The van der Waals surface area contributed by atoms with Crippen LogP contribution in [0.1, 0.15) is 37.8 Å². The second-order valence-corrected chi connectivity index (χ2v) is 11.8. The first kappa shape index (κ1) is 30.5. The summed E-state index contributed by atoms with van der Waals surface area (Å²) in [6, 6.07) is 19.0. The Hall–Kier alpha value is -3.07. The van der Waals surface area contributed by atoms with Gasteiger partial charge in [-0.25, -0.2) is 8.42 Å². The lowest BCUT2D eigenvalue weighted by Crippen LogP contribution is -2.52. The van der Waals surface area contributed by atoms with Crippen LogP contribution in [-0.2, 0) is 26.2 Å². The first-order valence-electron chi connectivity index (χ1n) is 12.7. The molecule has 3 rings (SSSR count). The van der Waals surface area contributed by atoms with Gasteiger partial charge >= 0.3 is 0 Å². The second kappa shape index (κ2) is 13.8. The number of amides is 2. The number of aryl methyl sites for hydroxylation is 1. The van der Waals surface area contributed by atoms with Gasteiger partial charge in [0.15, 0.2) is 0 Å². The van der Waals surface area contributed by atoms with Crippen LogP contribution in [0.5, 0.6) is 0 Å². The van der Waals surface area contributed by atoms with Crippen LogP contribution in [0.4, 0.5) is 5.69 Å². The Labute approximate surface area is 240 Å². The number of halogens is 2. The maximum absolute atomic E-state index is 14.1. The molecule has 39 heavy (non-hydrogen) atoms. The number of nitrogens with zero attached hydrogens (tertiary/aromatic N) is 2. The van der Waals surface area contributed by atoms with Crippen molar-refractivity contribution in [3.63, 3.8) is 0 Å². The fraction of sp³-hybridized carbons (Fsp3) is 0.310. The summed E-state index contributed by atoms with van der Waals surface area (Å²) in [5, 5.41) is 3.25. The minimum absolute atomic E-state index is 0.00738. The molecule has 0 saturated heterocycles. The van der Waals surface area contributed by atoms with Crippen LogP contribution in [0.15, 0.2) is 77.7 Å². The Kier molecular flexibility index (Phi) is 10.8. The molecule has 7 nitrogen and oxygen atoms in total. The third kappa shape index (κ3) is 7.53. The van der Waals surface area contributed by atoms with E-state index >= 15 is 0 Å². The van der Waals surface area contributed by atoms with Crippen molar-refractivity contribution in [2.45, 2.75) is 51.1 Å². The molecule has 0 spiro atoms. The highest BCUT2D eigenvalue weighted by atomic mass is 35.5. The van der Waals surface area contributed by atoms with Gasteiger partial charge in [0.1, 0.15) is 12.6 Å². The van der Waals surface area contributed by atoms with Gasteiger partial charge in [-0.3, -0.25) is 13.9 Å². The van der Waals surface area contributed by atoms with E-state index in [1.807, 2.05) is 45.0 Å². The minimum Gasteiger partial charge on any atom is -0.354 e. The molecule has 3 aromatic carbocycles. The highest BCUT2D eigenvalue weighted by Crippen LogP contribution is 2.33. The molecule has 2 amide bonds. The number of carbonyl (C=O) groups is 2. The molecule has 0 fully saturated rings. The number of hydrogen-bond acceptors (Lipinski definition) is 4. The van der Waals surface area contributed by atoms with E-state index in [-0.39, 0.29) is 33.1 Å². The summed E-state index contributed by atoms with van der Waals surface area (Å²) in [7, 11) is -4.23. The Balaban J connectivity index is 2.09. The van der Waals surface area contributed by atoms with Crippen LogP contribution < -0.4 is 9.62 Å². The van der Waals surface area contributed by atoms with Gasteiger partial charge < -0.3 is 10.2 Å². The summed E-state index contributed by atoms with van der Waals surface area (Å²) in [6.45, 7) is 5.70. The average molecular weight is 591 g/mol. The molecule has 0 unspecified atom stereocenters. The molecule has 0 saturated carbocycles. The Bertz CT molecular complexity index is 1400.